The monoisotopic (exact) mass is 264 g/mol. The number of methoxy groups -OCH3 is 1. The molecule has 0 aliphatic heterocycles. The highest BCUT2D eigenvalue weighted by Gasteiger charge is 2.20. The van der Waals surface area contributed by atoms with E-state index >= 15 is 0 Å². The van der Waals surface area contributed by atoms with Gasteiger partial charge in [0.15, 0.2) is 0 Å². The Balaban J connectivity index is 2.45. The molecule has 18 heavy (non-hydrogen) atoms. The van der Waals surface area contributed by atoms with Crippen LogP contribution in [0.5, 0.6) is 0 Å². The Morgan fingerprint density at radius 1 is 1.39 bits per heavy atom. The third-order valence-electron chi connectivity index (χ3n) is 2.82. The highest BCUT2D eigenvalue weighted by atomic mass is 35.5. The van der Waals surface area contributed by atoms with Gasteiger partial charge in [0.05, 0.1) is 19.3 Å². The van der Waals surface area contributed by atoms with Crippen molar-refractivity contribution >= 4 is 17.6 Å². The molecule has 0 spiro atoms. The quantitative estimate of drug-likeness (QED) is 0.801. The van der Waals surface area contributed by atoms with Crippen molar-refractivity contribution in [2.45, 2.75) is 13.0 Å². The van der Waals surface area contributed by atoms with E-state index in [0.717, 1.165) is 5.56 Å². The first-order valence-electron chi connectivity index (χ1n) is 5.51. The number of rotatable bonds is 3. The van der Waals surface area contributed by atoms with Crippen LogP contribution in [0.25, 0.3) is 0 Å². The van der Waals surface area contributed by atoms with Gasteiger partial charge in [-0.2, -0.15) is 0 Å². The van der Waals surface area contributed by atoms with Crippen LogP contribution in [-0.4, -0.2) is 22.6 Å². The topological polar surface area (TPSA) is 44.1 Å². The number of hydrogen-bond donors (Lipinski definition) is 0. The summed E-state index contributed by atoms with van der Waals surface area (Å²) in [5.41, 5.74) is 1.39. The van der Waals surface area contributed by atoms with E-state index in [1.165, 1.54) is 13.3 Å². The van der Waals surface area contributed by atoms with Gasteiger partial charge in [0.2, 0.25) is 5.28 Å². The lowest BCUT2D eigenvalue weighted by Gasteiger charge is -2.17. The predicted molar refractivity (Wildman–Crippen MR) is 68.8 cm³/mol. The molecule has 1 aromatic carbocycles. The third kappa shape index (κ3) is 2.24. The normalized spacial score (nSPS) is 12.2. The molecular formula is C13H13ClN2O2. The molecule has 1 unspecified atom stereocenters. The van der Waals surface area contributed by atoms with Crippen molar-refractivity contribution in [2.75, 3.05) is 7.11 Å². The number of aromatic nitrogens is 2. The number of ether oxygens (including phenoxy) is 1. The Bertz CT molecular complexity index is 551. The van der Waals surface area contributed by atoms with Gasteiger partial charge in [0.25, 0.3) is 0 Å². The van der Waals surface area contributed by atoms with E-state index < -0.39 is 5.97 Å². The van der Waals surface area contributed by atoms with E-state index in [4.69, 9.17) is 16.3 Å². The minimum atomic E-state index is -0.447. The second-order valence-corrected chi connectivity index (χ2v) is 4.20. The van der Waals surface area contributed by atoms with Crippen LogP contribution in [0.15, 0.2) is 36.5 Å². The van der Waals surface area contributed by atoms with Crippen molar-refractivity contribution in [3.63, 3.8) is 0 Å². The lowest BCUT2D eigenvalue weighted by Crippen LogP contribution is -2.15. The van der Waals surface area contributed by atoms with Gasteiger partial charge in [-0.25, -0.2) is 9.78 Å². The van der Waals surface area contributed by atoms with Crippen molar-refractivity contribution in [2.24, 2.45) is 0 Å². The van der Waals surface area contributed by atoms with Crippen LogP contribution in [0.2, 0.25) is 5.28 Å². The molecule has 1 atom stereocenters. The van der Waals surface area contributed by atoms with Crippen LogP contribution in [-0.2, 0) is 4.74 Å². The van der Waals surface area contributed by atoms with Crippen LogP contribution in [0.1, 0.15) is 29.0 Å². The number of hydrogen-bond acceptors (Lipinski definition) is 3. The van der Waals surface area contributed by atoms with Crippen LogP contribution in [0, 0.1) is 0 Å². The Hall–Kier alpha value is -1.81. The molecule has 0 bridgehead atoms. The minimum absolute atomic E-state index is 0.0877. The van der Waals surface area contributed by atoms with Gasteiger partial charge in [-0.15, -0.1) is 0 Å². The smallest absolute Gasteiger partial charge is 0.356 e. The maximum atomic E-state index is 11.6. The zero-order chi connectivity index (χ0) is 13.1. The lowest BCUT2D eigenvalue weighted by atomic mass is 10.1. The number of carbonyl (C=O) groups excluding carboxylic acids is 1. The average molecular weight is 265 g/mol. The Kier molecular flexibility index (Phi) is 3.67. The van der Waals surface area contributed by atoms with Crippen molar-refractivity contribution in [3.8, 4) is 0 Å². The van der Waals surface area contributed by atoms with Gasteiger partial charge in [0, 0.05) is 0 Å². The standard InChI is InChI=1S/C13H13ClN2O2/c1-9(10-6-4-3-5-7-10)16-11(12(17)18-2)8-15-13(16)14/h3-9H,1-2H3. The van der Waals surface area contributed by atoms with Crippen molar-refractivity contribution in [1.29, 1.82) is 0 Å². The van der Waals surface area contributed by atoms with Gasteiger partial charge in [0.1, 0.15) is 5.69 Å². The van der Waals surface area contributed by atoms with Crippen molar-refractivity contribution in [1.82, 2.24) is 9.55 Å². The molecule has 0 saturated heterocycles. The fourth-order valence-corrected chi connectivity index (χ4v) is 2.13. The van der Waals surface area contributed by atoms with Crippen molar-refractivity contribution in [3.05, 3.63) is 53.1 Å². The minimum Gasteiger partial charge on any atom is -0.464 e. The summed E-state index contributed by atoms with van der Waals surface area (Å²) in [4.78, 5) is 15.6. The number of nitrogens with zero attached hydrogens (tertiary/aromatic N) is 2. The maximum absolute atomic E-state index is 11.6. The lowest BCUT2D eigenvalue weighted by molar-refractivity contribution is 0.0587. The first kappa shape index (κ1) is 12.6. The van der Waals surface area contributed by atoms with Crippen LogP contribution >= 0.6 is 11.6 Å². The first-order chi connectivity index (χ1) is 8.65. The number of benzene rings is 1. The predicted octanol–water partition coefficient (Wildman–Crippen LogP) is 2.93. The summed E-state index contributed by atoms with van der Waals surface area (Å²) in [6.07, 6.45) is 1.42. The maximum Gasteiger partial charge on any atom is 0.356 e. The van der Waals surface area contributed by atoms with E-state index in [9.17, 15) is 4.79 Å². The number of carbonyl (C=O) groups is 1. The first-order valence-corrected chi connectivity index (χ1v) is 5.89. The van der Waals surface area contributed by atoms with E-state index in [0.29, 0.717) is 5.69 Å². The molecular weight excluding hydrogens is 252 g/mol. The number of esters is 1. The van der Waals surface area contributed by atoms with E-state index in [1.54, 1.807) is 4.57 Å². The van der Waals surface area contributed by atoms with Gasteiger partial charge in [-0.3, -0.25) is 0 Å². The largest absolute Gasteiger partial charge is 0.464 e. The summed E-state index contributed by atoms with van der Waals surface area (Å²) in [5, 5.41) is 0.270. The van der Waals surface area contributed by atoms with Crippen LogP contribution < -0.4 is 0 Å². The SMILES string of the molecule is COC(=O)c1cnc(Cl)n1C(C)c1ccccc1. The molecule has 5 heteroatoms. The molecule has 1 aromatic heterocycles. The summed E-state index contributed by atoms with van der Waals surface area (Å²) < 4.78 is 6.37. The highest BCUT2D eigenvalue weighted by molar-refractivity contribution is 6.28. The second kappa shape index (κ2) is 5.23. The summed E-state index contributed by atoms with van der Waals surface area (Å²) in [6, 6.07) is 9.68. The zero-order valence-electron chi connectivity index (χ0n) is 10.1. The molecule has 94 valence electrons. The molecule has 2 rings (SSSR count). The fourth-order valence-electron chi connectivity index (χ4n) is 1.84. The molecule has 1 heterocycles. The Labute approximate surface area is 110 Å². The molecule has 0 aliphatic carbocycles. The summed E-state index contributed by atoms with van der Waals surface area (Å²) in [5.74, 6) is -0.447. The van der Waals surface area contributed by atoms with E-state index in [2.05, 4.69) is 4.98 Å². The average Bonchev–Trinajstić information content (AvgIpc) is 2.80. The molecule has 0 aliphatic rings. The molecule has 0 saturated carbocycles. The number of halogens is 1. The second-order valence-electron chi connectivity index (χ2n) is 3.86. The van der Waals surface area contributed by atoms with Gasteiger partial charge in [-0.05, 0) is 24.1 Å². The van der Waals surface area contributed by atoms with Gasteiger partial charge in [-0.1, -0.05) is 30.3 Å². The Morgan fingerprint density at radius 2 is 2.06 bits per heavy atom. The molecule has 2 aromatic rings. The third-order valence-corrected chi connectivity index (χ3v) is 3.10. The molecule has 0 N–H and O–H groups in total. The van der Waals surface area contributed by atoms with Crippen molar-refractivity contribution < 1.29 is 9.53 Å². The van der Waals surface area contributed by atoms with Crippen LogP contribution in [0.3, 0.4) is 0 Å². The number of imidazole rings is 1. The zero-order valence-corrected chi connectivity index (χ0v) is 10.9. The summed E-state index contributed by atoms with van der Waals surface area (Å²) >= 11 is 6.03. The molecule has 0 fully saturated rings. The van der Waals surface area contributed by atoms with E-state index in [1.807, 2.05) is 37.3 Å². The fraction of sp³-hybridized carbons (Fsp3) is 0.231. The summed E-state index contributed by atoms with van der Waals surface area (Å²) in [6.45, 7) is 1.95. The summed E-state index contributed by atoms with van der Waals surface area (Å²) in [7, 11) is 1.33. The van der Waals surface area contributed by atoms with Gasteiger partial charge < -0.3 is 9.30 Å². The highest BCUT2D eigenvalue weighted by Crippen LogP contribution is 2.24. The Morgan fingerprint density at radius 3 is 2.67 bits per heavy atom. The van der Waals surface area contributed by atoms with E-state index in [-0.39, 0.29) is 11.3 Å². The molecule has 4 nitrogen and oxygen atoms in total. The van der Waals surface area contributed by atoms with Gasteiger partial charge >= 0.3 is 5.97 Å². The van der Waals surface area contributed by atoms with Crippen LogP contribution in [0.4, 0.5) is 0 Å². The molecule has 0 amide bonds. The molecule has 0 radical (unpaired) electrons.